The first-order valence-corrected chi connectivity index (χ1v) is 6.11. The van der Waals surface area contributed by atoms with Crippen molar-refractivity contribution in [2.75, 3.05) is 5.73 Å². The molecule has 0 unspecified atom stereocenters. The molecule has 6 heteroatoms. The number of nitrogen functional groups attached to an aromatic ring is 1. The van der Waals surface area contributed by atoms with E-state index in [1.165, 1.54) is 0 Å². The number of nitrogens with zero attached hydrogens (tertiary/aromatic N) is 5. The molecular formula is C14H12N6. The zero-order valence-corrected chi connectivity index (χ0v) is 10.9. The van der Waals surface area contributed by atoms with Crippen LogP contribution in [0.5, 0.6) is 0 Å². The highest BCUT2D eigenvalue weighted by molar-refractivity contribution is 5.79. The monoisotopic (exact) mass is 264 g/mol. The van der Waals surface area contributed by atoms with Crippen LogP contribution in [0, 0.1) is 18.3 Å². The standard InChI is InChI=1S/C14H12N6/c1-9-6-18-11(7-17-9)8-20-13-4-10(5-15)2-3-12(13)19-14(20)16/h2-4,6-7H,8H2,1H3,(H2,16,19). The smallest absolute Gasteiger partial charge is 0.201 e. The second-order valence-corrected chi connectivity index (χ2v) is 4.52. The molecule has 6 nitrogen and oxygen atoms in total. The Bertz CT molecular complexity index is 810. The van der Waals surface area contributed by atoms with Crippen molar-refractivity contribution in [3.63, 3.8) is 0 Å². The first-order valence-electron chi connectivity index (χ1n) is 6.11. The SMILES string of the molecule is Cc1cnc(Cn2c(N)nc3ccc(C#N)cc32)cn1. The highest BCUT2D eigenvalue weighted by Crippen LogP contribution is 2.20. The van der Waals surface area contributed by atoms with Gasteiger partial charge in [-0.15, -0.1) is 0 Å². The summed E-state index contributed by atoms with van der Waals surface area (Å²) >= 11 is 0. The molecule has 0 aliphatic carbocycles. The Morgan fingerprint density at radius 2 is 2.15 bits per heavy atom. The summed E-state index contributed by atoms with van der Waals surface area (Å²) in [5.41, 5.74) is 9.77. The summed E-state index contributed by atoms with van der Waals surface area (Å²) in [6.45, 7) is 2.36. The maximum atomic E-state index is 8.98. The van der Waals surface area contributed by atoms with Crippen LogP contribution in [0.25, 0.3) is 11.0 Å². The number of aromatic nitrogens is 4. The molecule has 1 aromatic carbocycles. The van der Waals surface area contributed by atoms with Crippen LogP contribution in [-0.4, -0.2) is 19.5 Å². The van der Waals surface area contributed by atoms with Crippen molar-refractivity contribution < 1.29 is 0 Å². The lowest BCUT2D eigenvalue weighted by molar-refractivity contribution is 0.798. The van der Waals surface area contributed by atoms with Gasteiger partial charge in [0.05, 0.1) is 46.8 Å². The van der Waals surface area contributed by atoms with Crippen LogP contribution in [0.15, 0.2) is 30.6 Å². The van der Waals surface area contributed by atoms with Gasteiger partial charge < -0.3 is 10.3 Å². The second kappa shape index (κ2) is 4.63. The lowest BCUT2D eigenvalue weighted by atomic mass is 10.2. The molecule has 0 aliphatic heterocycles. The van der Waals surface area contributed by atoms with E-state index in [9.17, 15) is 0 Å². The molecule has 0 amide bonds. The van der Waals surface area contributed by atoms with E-state index in [1.807, 2.05) is 11.5 Å². The van der Waals surface area contributed by atoms with Crippen molar-refractivity contribution in [3.8, 4) is 6.07 Å². The van der Waals surface area contributed by atoms with Crippen LogP contribution in [-0.2, 0) is 6.54 Å². The van der Waals surface area contributed by atoms with Crippen molar-refractivity contribution in [2.24, 2.45) is 0 Å². The summed E-state index contributed by atoms with van der Waals surface area (Å²) in [4.78, 5) is 12.8. The number of benzene rings is 1. The Morgan fingerprint density at radius 3 is 2.85 bits per heavy atom. The fourth-order valence-electron chi connectivity index (χ4n) is 2.04. The molecule has 3 aromatic rings. The summed E-state index contributed by atoms with van der Waals surface area (Å²) in [5.74, 6) is 0.400. The number of hydrogen-bond donors (Lipinski definition) is 1. The number of rotatable bonds is 2. The minimum Gasteiger partial charge on any atom is -0.369 e. The molecule has 0 atom stereocenters. The lowest BCUT2D eigenvalue weighted by Gasteiger charge is -2.06. The van der Waals surface area contributed by atoms with E-state index in [1.54, 1.807) is 30.6 Å². The van der Waals surface area contributed by atoms with Gasteiger partial charge in [0, 0.05) is 6.20 Å². The van der Waals surface area contributed by atoms with Gasteiger partial charge in [-0.3, -0.25) is 9.97 Å². The Hall–Kier alpha value is -2.94. The molecule has 2 N–H and O–H groups in total. The summed E-state index contributed by atoms with van der Waals surface area (Å²) in [5, 5.41) is 8.98. The van der Waals surface area contributed by atoms with Crippen molar-refractivity contribution in [2.45, 2.75) is 13.5 Å². The fourth-order valence-corrected chi connectivity index (χ4v) is 2.04. The van der Waals surface area contributed by atoms with Crippen LogP contribution in [0.1, 0.15) is 17.0 Å². The van der Waals surface area contributed by atoms with Crippen LogP contribution in [0.2, 0.25) is 0 Å². The van der Waals surface area contributed by atoms with Gasteiger partial charge in [-0.2, -0.15) is 5.26 Å². The molecule has 0 bridgehead atoms. The number of fused-ring (bicyclic) bond motifs is 1. The molecule has 0 fully saturated rings. The average molecular weight is 264 g/mol. The predicted octanol–water partition coefficient (Wildman–Crippen LogP) is 1.64. The number of nitrogens with two attached hydrogens (primary N) is 1. The summed E-state index contributed by atoms with van der Waals surface area (Å²) < 4.78 is 1.83. The minimum atomic E-state index is 0.400. The Balaban J connectivity index is 2.08. The van der Waals surface area contributed by atoms with Gasteiger partial charge in [0.2, 0.25) is 5.95 Å². The number of anilines is 1. The molecule has 0 spiro atoms. The fraction of sp³-hybridized carbons (Fsp3) is 0.143. The van der Waals surface area contributed by atoms with Crippen LogP contribution in [0.4, 0.5) is 5.95 Å². The van der Waals surface area contributed by atoms with Gasteiger partial charge in [0.1, 0.15) is 0 Å². The zero-order valence-electron chi connectivity index (χ0n) is 10.9. The van der Waals surface area contributed by atoms with E-state index < -0.39 is 0 Å². The molecule has 0 saturated carbocycles. The van der Waals surface area contributed by atoms with Gasteiger partial charge >= 0.3 is 0 Å². The molecule has 0 radical (unpaired) electrons. The largest absolute Gasteiger partial charge is 0.369 e. The maximum Gasteiger partial charge on any atom is 0.201 e. The summed E-state index contributed by atoms with van der Waals surface area (Å²) in [6, 6.07) is 7.42. The maximum absolute atomic E-state index is 8.98. The van der Waals surface area contributed by atoms with Crippen LogP contribution in [0.3, 0.4) is 0 Å². The third-order valence-corrected chi connectivity index (χ3v) is 3.06. The normalized spacial score (nSPS) is 10.6. The molecule has 0 saturated heterocycles. The average Bonchev–Trinajstić information content (AvgIpc) is 2.77. The lowest BCUT2D eigenvalue weighted by Crippen LogP contribution is -2.06. The van der Waals surface area contributed by atoms with Gasteiger partial charge in [-0.05, 0) is 25.1 Å². The highest BCUT2D eigenvalue weighted by Gasteiger charge is 2.10. The molecule has 0 aliphatic rings. The van der Waals surface area contributed by atoms with Crippen molar-refractivity contribution in [1.82, 2.24) is 19.5 Å². The predicted molar refractivity (Wildman–Crippen MR) is 74.7 cm³/mol. The Labute approximate surface area is 115 Å². The van der Waals surface area contributed by atoms with E-state index in [0.717, 1.165) is 22.4 Å². The van der Waals surface area contributed by atoms with Crippen molar-refractivity contribution >= 4 is 17.0 Å². The second-order valence-electron chi connectivity index (χ2n) is 4.52. The number of aryl methyl sites for hydroxylation is 1. The number of nitriles is 1. The molecular weight excluding hydrogens is 252 g/mol. The van der Waals surface area contributed by atoms with Crippen molar-refractivity contribution in [3.05, 3.63) is 47.5 Å². The first kappa shape index (κ1) is 12.1. The van der Waals surface area contributed by atoms with E-state index >= 15 is 0 Å². The van der Waals surface area contributed by atoms with Gasteiger partial charge in [-0.1, -0.05) is 0 Å². The molecule has 20 heavy (non-hydrogen) atoms. The molecule has 2 aromatic heterocycles. The van der Waals surface area contributed by atoms with E-state index in [4.69, 9.17) is 11.0 Å². The van der Waals surface area contributed by atoms with Crippen LogP contribution >= 0.6 is 0 Å². The summed E-state index contributed by atoms with van der Waals surface area (Å²) in [7, 11) is 0. The third kappa shape index (κ3) is 2.06. The first-order chi connectivity index (χ1) is 9.67. The Morgan fingerprint density at radius 1 is 1.30 bits per heavy atom. The van der Waals surface area contributed by atoms with Gasteiger partial charge in [-0.25, -0.2) is 4.98 Å². The third-order valence-electron chi connectivity index (χ3n) is 3.06. The van der Waals surface area contributed by atoms with E-state index in [0.29, 0.717) is 18.1 Å². The summed E-state index contributed by atoms with van der Waals surface area (Å²) in [6.07, 6.45) is 3.43. The zero-order chi connectivity index (χ0) is 14.1. The van der Waals surface area contributed by atoms with Crippen molar-refractivity contribution in [1.29, 1.82) is 5.26 Å². The number of imidazole rings is 1. The van der Waals surface area contributed by atoms with E-state index in [2.05, 4.69) is 21.0 Å². The quantitative estimate of drug-likeness (QED) is 0.759. The van der Waals surface area contributed by atoms with Crippen LogP contribution < -0.4 is 5.73 Å². The molecule has 2 heterocycles. The van der Waals surface area contributed by atoms with Gasteiger partial charge in [0.15, 0.2) is 0 Å². The molecule has 3 rings (SSSR count). The van der Waals surface area contributed by atoms with E-state index in [-0.39, 0.29) is 0 Å². The Kier molecular flexibility index (Phi) is 2.80. The number of hydrogen-bond acceptors (Lipinski definition) is 5. The van der Waals surface area contributed by atoms with Gasteiger partial charge in [0.25, 0.3) is 0 Å². The highest BCUT2D eigenvalue weighted by atomic mass is 15.2. The minimum absolute atomic E-state index is 0.400. The topological polar surface area (TPSA) is 93.4 Å². The molecule has 98 valence electrons.